The summed E-state index contributed by atoms with van der Waals surface area (Å²) >= 11 is 0. The van der Waals surface area contributed by atoms with Crippen molar-refractivity contribution in [3.05, 3.63) is 102 Å². The number of unbranched alkanes of at least 4 members (excludes halogenated alkanes) is 6. The van der Waals surface area contributed by atoms with Crippen LogP contribution < -0.4 is 4.74 Å². The largest absolute Gasteiger partial charge is 0.449 e. The Labute approximate surface area is 246 Å². The van der Waals surface area contributed by atoms with E-state index in [1.54, 1.807) is 19.1 Å². The van der Waals surface area contributed by atoms with Crippen LogP contribution in [0.3, 0.4) is 0 Å². The van der Waals surface area contributed by atoms with Gasteiger partial charge in [0.05, 0.1) is 11.1 Å². The maximum atomic E-state index is 13.1. The van der Waals surface area contributed by atoms with Crippen LogP contribution in [0.1, 0.15) is 91.0 Å². The number of allylic oxidation sites excluding steroid dienone is 1. The lowest BCUT2D eigenvalue weighted by atomic mass is 10.00. The minimum atomic E-state index is -4.63. The van der Waals surface area contributed by atoms with Gasteiger partial charge in [0.25, 0.3) is 0 Å². The molecule has 0 saturated heterocycles. The van der Waals surface area contributed by atoms with Gasteiger partial charge in [0.2, 0.25) is 0 Å². The van der Waals surface area contributed by atoms with Gasteiger partial charge in [-0.05, 0) is 85.2 Å². The van der Waals surface area contributed by atoms with E-state index < -0.39 is 24.2 Å². The van der Waals surface area contributed by atoms with Gasteiger partial charge in [-0.3, -0.25) is 0 Å². The fourth-order valence-electron chi connectivity index (χ4n) is 4.56. The lowest BCUT2D eigenvalue weighted by molar-refractivity contribution is -0.206. The molecule has 0 heterocycles. The number of halogens is 3. The van der Waals surface area contributed by atoms with Gasteiger partial charge in [-0.2, -0.15) is 13.2 Å². The summed E-state index contributed by atoms with van der Waals surface area (Å²) in [6.45, 7) is 5.34. The first-order chi connectivity index (χ1) is 20.2. The summed E-state index contributed by atoms with van der Waals surface area (Å²) in [6.07, 6.45) is 4.76. The molecule has 0 N–H and O–H groups in total. The minimum Gasteiger partial charge on any atom is -0.449 e. The van der Waals surface area contributed by atoms with Crippen molar-refractivity contribution in [2.75, 3.05) is 0 Å². The van der Waals surface area contributed by atoms with Gasteiger partial charge in [0.1, 0.15) is 5.75 Å². The number of hydrogen-bond donors (Lipinski definition) is 0. The van der Waals surface area contributed by atoms with E-state index >= 15 is 0 Å². The first-order valence-electron chi connectivity index (χ1n) is 14.6. The maximum Gasteiger partial charge on any atom is 0.425 e. The molecule has 3 rings (SSSR count). The lowest BCUT2D eigenvalue weighted by Crippen LogP contribution is -2.33. The van der Waals surface area contributed by atoms with Crippen LogP contribution in [0.4, 0.5) is 13.2 Å². The summed E-state index contributed by atoms with van der Waals surface area (Å²) in [5.41, 5.74) is 3.61. The van der Waals surface area contributed by atoms with E-state index in [0.29, 0.717) is 5.56 Å². The van der Waals surface area contributed by atoms with E-state index in [9.17, 15) is 22.8 Å². The van der Waals surface area contributed by atoms with Crippen LogP contribution >= 0.6 is 0 Å². The monoisotopic (exact) mass is 580 g/mol. The molecule has 0 unspecified atom stereocenters. The summed E-state index contributed by atoms with van der Waals surface area (Å²) in [5.74, 6) is -1.52. The van der Waals surface area contributed by atoms with Gasteiger partial charge in [-0.25, -0.2) is 9.59 Å². The Bertz CT molecular complexity index is 1260. The molecule has 1 atom stereocenters. The van der Waals surface area contributed by atoms with Gasteiger partial charge < -0.3 is 9.47 Å². The molecule has 0 fully saturated rings. The van der Waals surface area contributed by atoms with Gasteiger partial charge in [0, 0.05) is 0 Å². The SMILES string of the molecule is C=CCCCCCCCCc1ccc(-c2ccc(C(=O)Oc3ccc(C(=O)O[C@H](CCC)C(F)(F)F)cc3)cc2)cc1. The Balaban J connectivity index is 1.48. The van der Waals surface area contributed by atoms with Crippen molar-refractivity contribution in [2.24, 2.45) is 0 Å². The van der Waals surface area contributed by atoms with E-state index in [0.717, 1.165) is 24.0 Å². The smallest absolute Gasteiger partial charge is 0.425 e. The van der Waals surface area contributed by atoms with Crippen molar-refractivity contribution in [1.29, 1.82) is 0 Å². The number of hydrogen-bond acceptors (Lipinski definition) is 4. The molecule has 3 aromatic carbocycles. The standard InChI is InChI=1S/C35H39F3O4/c1-3-5-6-7-8-9-10-11-13-26-14-16-27(17-15-26)28-18-20-29(21-19-28)33(39)41-31-24-22-30(23-25-31)34(40)42-32(12-4-2)35(36,37)38/h3,14-25,32H,1,4-13H2,2H3/t32-/m1/s1. The molecule has 0 aliphatic carbocycles. The zero-order chi connectivity index (χ0) is 30.4. The number of ether oxygens (including phenoxy) is 2. The lowest BCUT2D eigenvalue weighted by Gasteiger charge is -2.20. The van der Waals surface area contributed by atoms with Crippen LogP contribution in [0.5, 0.6) is 5.75 Å². The number of carbonyl (C=O) groups is 2. The van der Waals surface area contributed by atoms with Crippen molar-refractivity contribution in [1.82, 2.24) is 0 Å². The van der Waals surface area contributed by atoms with Crippen LogP contribution in [0.2, 0.25) is 0 Å². The average Bonchev–Trinajstić information content (AvgIpc) is 2.98. The van der Waals surface area contributed by atoms with E-state index in [-0.39, 0.29) is 24.2 Å². The highest BCUT2D eigenvalue weighted by Gasteiger charge is 2.42. The molecule has 0 radical (unpaired) electrons. The second-order valence-corrected chi connectivity index (χ2v) is 10.4. The molecule has 224 valence electrons. The van der Waals surface area contributed by atoms with Gasteiger partial charge in [0.15, 0.2) is 6.10 Å². The number of rotatable bonds is 16. The third kappa shape index (κ3) is 10.5. The van der Waals surface area contributed by atoms with Crippen LogP contribution in [-0.4, -0.2) is 24.2 Å². The maximum absolute atomic E-state index is 13.1. The predicted molar refractivity (Wildman–Crippen MR) is 160 cm³/mol. The average molecular weight is 581 g/mol. The van der Waals surface area contributed by atoms with Crippen molar-refractivity contribution >= 4 is 11.9 Å². The number of benzene rings is 3. The molecule has 0 bridgehead atoms. The molecule has 3 aromatic rings. The quantitative estimate of drug-likeness (QED) is 0.0732. The normalized spacial score (nSPS) is 12.0. The molecular formula is C35H39F3O4. The predicted octanol–water partition coefficient (Wildman–Crippen LogP) is 9.92. The molecule has 0 aromatic heterocycles. The Kier molecular flexibility index (Phi) is 12.9. The van der Waals surface area contributed by atoms with Crippen molar-refractivity contribution < 1.29 is 32.2 Å². The molecular weight excluding hydrogens is 541 g/mol. The highest BCUT2D eigenvalue weighted by atomic mass is 19.4. The van der Waals surface area contributed by atoms with Gasteiger partial charge in [-0.15, -0.1) is 6.58 Å². The van der Waals surface area contributed by atoms with E-state index in [2.05, 4.69) is 35.6 Å². The van der Waals surface area contributed by atoms with E-state index in [4.69, 9.17) is 4.74 Å². The molecule has 4 nitrogen and oxygen atoms in total. The Morgan fingerprint density at radius 1 is 0.762 bits per heavy atom. The first kappa shape index (κ1) is 32.6. The highest BCUT2D eigenvalue weighted by molar-refractivity contribution is 5.92. The molecule has 0 aliphatic heterocycles. The Hall–Kier alpha value is -3.87. The van der Waals surface area contributed by atoms with Crippen LogP contribution in [0, 0.1) is 0 Å². The van der Waals surface area contributed by atoms with E-state index in [1.807, 2.05) is 18.2 Å². The summed E-state index contributed by atoms with van der Waals surface area (Å²) in [7, 11) is 0. The van der Waals surface area contributed by atoms with Crippen LogP contribution in [0.15, 0.2) is 85.5 Å². The van der Waals surface area contributed by atoms with Crippen molar-refractivity contribution in [3.8, 4) is 16.9 Å². The first-order valence-corrected chi connectivity index (χ1v) is 14.6. The zero-order valence-electron chi connectivity index (χ0n) is 24.1. The minimum absolute atomic E-state index is 0.0644. The highest BCUT2D eigenvalue weighted by Crippen LogP contribution is 2.28. The Morgan fingerprint density at radius 2 is 1.29 bits per heavy atom. The molecule has 0 amide bonds. The summed E-state index contributed by atoms with van der Waals surface area (Å²) in [6, 6.07) is 20.7. The molecule has 0 aliphatic rings. The number of carbonyl (C=O) groups excluding carboxylic acids is 2. The zero-order valence-corrected chi connectivity index (χ0v) is 24.1. The molecule has 0 saturated carbocycles. The summed E-state index contributed by atoms with van der Waals surface area (Å²) in [4.78, 5) is 24.8. The fourth-order valence-corrected chi connectivity index (χ4v) is 4.56. The van der Waals surface area contributed by atoms with Crippen molar-refractivity contribution in [2.45, 2.75) is 83.4 Å². The second-order valence-electron chi connectivity index (χ2n) is 10.4. The van der Waals surface area contributed by atoms with E-state index in [1.165, 1.54) is 68.4 Å². The number of alkyl halides is 3. The number of esters is 2. The molecule has 0 spiro atoms. The summed E-state index contributed by atoms with van der Waals surface area (Å²) < 4.78 is 49.2. The molecule has 42 heavy (non-hydrogen) atoms. The summed E-state index contributed by atoms with van der Waals surface area (Å²) in [5, 5.41) is 0. The van der Waals surface area contributed by atoms with Crippen LogP contribution in [0.25, 0.3) is 11.1 Å². The van der Waals surface area contributed by atoms with Gasteiger partial charge in [-0.1, -0.05) is 81.5 Å². The third-order valence-electron chi connectivity index (χ3n) is 7.00. The number of aryl methyl sites for hydroxylation is 1. The topological polar surface area (TPSA) is 52.6 Å². The van der Waals surface area contributed by atoms with Crippen molar-refractivity contribution in [3.63, 3.8) is 0 Å². The Morgan fingerprint density at radius 3 is 1.86 bits per heavy atom. The third-order valence-corrected chi connectivity index (χ3v) is 7.00. The second kappa shape index (κ2) is 16.5. The van der Waals surface area contributed by atoms with Gasteiger partial charge >= 0.3 is 18.1 Å². The fraction of sp³-hybridized carbons (Fsp3) is 0.371. The van der Waals surface area contributed by atoms with Crippen LogP contribution in [-0.2, 0) is 11.2 Å². The molecule has 7 heteroatoms.